The molecule has 3 aromatic rings. The van der Waals surface area contributed by atoms with Gasteiger partial charge in [0.25, 0.3) is 0 Å². The van der Waals surface area contributed by atoms with E-state index in [-0.39, 0.29) is 0 Å². The predicted molar refractivity (Wildman–Crippen MR) is 110 cm³/mol. The number of piperidine rings is 1. The van der Waals surface area contributed by atoms with Crippen LogP contribution in [0.4, 0.5) is 5.69 Å². The Kier molecular flexibility index (Phi) is 5.49. The monoisotopic (exact) mass is 343 g/mol. The lowest BCUT2D eigenvalue weighted by Gasteiger charge is -2.34. The molecule has 0 bridgehead atoms. The fraction of sp³-hybridized carbons (Fsp3) is 0.375. The van der Waals surface area contributed by atoms with Crippen LogP contribution in [0, 0.1) is 12.0 Å². The molecule has 0 amide bonds. The van der Waals surface area contributed by atoms with Crippen molar-refractivity contribution in [2.45, 2.75) is 38.5 Å². The molecule has 0 N–H and O–H groups in total. The van der Waals surface area contributed by atoms with Crippen LogP contribution in [0.3, 0.4) is 0 Å². The lowest BCUT2D eigenvalue weighted by molar-refractivity contribution is 0.369. The molecule has 2 heteroatoms. The van der Waals surface area contributed by atoms with E-state index in [2.05, 4.69) is 64.5 Å². The number of rotatable bonds is 6. The van der Waals surface area contributed by atoms with E-state index in [1.807, 2.05) is 12.3 Å². The number of aryl methyl sites for hydroxylation is 1. The minimum Gasteiger partial charge on any atom is -0.371 e. The molecule has 0 atom stereocenters. The molecule has 1 aromatic heterocycles. The zero-order chi connectivity index (χ0) is 17.6. The van der Waals surface area contributed by atoms with Crippen LogP contribution < -0.4 is 4.90 Å². The number of fused-ring (bicyclic) bond motifs is 1. The zero-order valence-corrected chi connectivity index (χ0v) is 15.4. The molecular formula is C24H27N2. The summed E-state index contributed by atoms with van der Waals surface area (Å²) < 4.78 is 0. The van der Waals surface area contributed by atoms with Crippen molar-refractivity contribution in [3.63, 3.8) is 0 Å². The topological polar surface area (TPSA) is 16.1 Å². The molecule has 1 fully saturated rings. The second-order valence-corrected chi connectivity index (χ2v) is 7.44. The number of nitrogens with zero attached hydrogens (tertiary/aromatic N) is 2. The molecule has 1 aliphatic heterocycles. The SMILES string of the molecule is [c]1ccc2nccc(N3CCC(CCCCc4ccccc4)CC3)c2c1. The van der Waals surface area contributed by atoms with E-state index in [0.717, 1.165) is 24.5 Å². The number of unbranched alkanes of at least 4 members (excludes halogenated alkanes) is 1. The van der Waals surface area contributed by atoms with Gasteiger partial charge in [-0.3, -0.25) is 4.98 Å². The van der Waals surface area contributed by atoms with E-state index >= 15 is 0 Å². The second-order valence-electron chi connectivity index (χ2n) is 7.44. The molecule has 0 aliphatic carbocycles. The zero-order valence-electron chi connectivity index (χ0n) is 15.4. The summed E-state index contributed by atoms with van der Waals surface area (Å²) in [6, 6.07) is 22.3. The van der Waals surface area contributed by atoms with Gasteiger partial charge in [0.1, 0.15) is 0 Å². The van der Waals surface area contributed by atoms with Crippen molar-refractivity contribution in [1.82, 2.24) is 4.98 Å². The predicted octanol–water partition coefficient (Wildman–Crippen LogP) is 5.66. The van der Waals surface area contributed by atoms with Crippen LogP contribution >= 0.6 is 0 Å². The molecule has 133 valence electrons. The van der Waals surface area contributed by atoms with Gasteiger partial charge in [0.05, 0.1) is 5.52 Å². The Bertz CT molecular complexity index is 814. The van der Waals surface area contributed by atoms with Gasteiger partial charge in [-0.05, 0) is 61.4 Å². The minimum atomic E-state index is 0.890. The van der Waals surface area contributed by atoms with Gasteiger partial charge in [0.15, 0.2) is 0 Å². The number of hydrogen-bond acceptors (Lipinski definition) is 2. The molecule has 4 rings (SSSR count). The molecule has 26 heavy (non-hydrogen) atoms. The highest BCUT2D eigenvalue weighted by Gasteiger charge is 2.20. The fourth-order valence-corrected chi connectivity index (χ4v) is 4.16. The summed E-state index contributed by atoms with van der Waals surface area (Å²) in [5.41, 5.74) is 3.88. The molecule has 0 spiro atoms. The number of hydrogen-bond donors (Lipinski definition) is 0. The van der Waals surface area contributed by atoms with E-state index in [0.29, 0.717) is 0 Å². The van der Waals surface area contributed by atoms with Gasteiger partial charge in [-0.1, -0.05) is 49.2 Å². The van der Waals surface area contributed by atoms with Crippen LogP contribution in [0.2, 0.25) is 0 Å². The largest absolute Gasteiger partial charge is 0.371 e. The number of benzene rings is 2. The minimum absolute atomic E-state index is 0.890. The van der Waals surface area contributed by atoms with Crippen molar-refractivity contribution in [3.05, 3.63) is 72.4 Å². The first-order valence-electron chi connectivity index (χ1n) is 9.94. The first-order chi connectivity index (χ1) is 12.9. The van der Waals surface area contributed by atoms with Gasteiger partial charge >= 0.3 is 0 Å². The summed E-state index contributed by atoms with van der Waals surface area (Å²) >= 11 is 0. The first kappa shape index (κ1) is 17.1. The van der Waals surface area contributed by atoms with Crippen LogP contribution in [0.1, 0.15) is 37.7 Å². The molecule has 2 aromatic carbocycles. The molecule has 1 aliphatic rings. The molecule has 2 nitrogen and oxygen atoms in total. The van der Waals surface area contributed by atoms with Gasteiger partial charge in [-0.25, -0.2) is 0 Å². The van der Waals surface area contributed by atoms with Crippen LogP contribution in [0.5, 0.6) is 0 Å². The van der Waals surface area contributed by atoms with Gasteiger partial charge in [0.2, 0.25) is 0 Å². The normalized spacial score (nSPS) is 15.5. The highest BCUT2D eigenvalue weighted by molar-refractivity contribution is 5.91. The van der Waals surface area contributed by atoms with E-state index in [1.165, 1.54) is 55.2 Å². The standard InChI is InChI=1S/C24H27N2/c1-2-8-20(9-3-1)10-4-5-11-21-15-18-26(19-16-21)24-14-17-25-23-13-7-6-12-22(23)24/h1-3,7-9,12-14,17,21H,4-5,10-11,15-16,18-19H2. The maximum absolute atomic E-state index is 4.48. The Hall–Kier alpha value is -2.35. The summed E-state index contributed by atoms with van der Waals surface area (Å²) in [6.45, 7) is 2.33. The highest BCUT2D eigenvalue weighted by Crippen LogP contribution is 2.30. The Labute approximate surface area is 156 Å². The van der Waals surface area contributed by atoms with Crippen LogP contribution in [-0.2, 0) is 6.42 Å². The highest BCUT2D eigenvalue weighted by atomic mass is 15.1. The summed E-state index contributed by atoms with van der Waals surface area (Å²) in [4.78, 5) is 7.02. The number of aromatic nitrogens is 1. The summed E-state index contributed by atoms with van der Waals surface area (Å²) in [7, 11) is 0. The first-order valence-corrected chi connectivity index (χ1v) is 9.94. The quantitative estimate of drug-likeness (QED) is 0.537. The van der Waals surface area contributed by atoms with Crippen molar-refractivity contribution < 1.29 is 0 Å². The average Bonchev–Trinajstić information content (AvgIpc) is 2.72. The number of anilines is 1. The summed E-state index contributed by atoms with van der Waals surface area (Å²) in [6.07, 6.45) is 9.83. The van der Waals surface area contributed by atoms with Crippen molar-refractivity contribution in [2.24, 2.45) is 5.92 Å². The molecule has 1 radical (unpaired) electrons. The Morgan fingerprint density at radius 2 is 1.85 bits per heavy atom. The van der Waals surface area contributed by atoms with E-state index in [1.54, 1.807) is 0 Å². The Morgan fingerprint density at radius 1 is 1.00 bits per heavy atom. The molecule has 2 heterocycles. The van der Waals surface area contributed by atoms with E-state index < -0.39 is 0 Å². The van der Waals surface area contributed by atoms with Crippen molar-refractivity contribution in [1.29, 1.82) is 0 Å². The third-order valence-electron chi connectivity index (χ3n) is 5.69. The van der Waals surface area contributed by atoms with Gasteiger partial charge in [-0.15, -0.1) is 0 Å². The fourth-order valence-electron chi connectivity index (χ4n) is 4.16. The van der Waals surface area contributed by atoms with Crippen LogP contribution in [0.15, 0.2) is 60.8 Å². The Morgan fingerprint density at radius 3 is 2.69 bits per heavy atom. The van der Waals surface area contributed by atoms with Gasteiger partial charge < -0.3 is 4.90 Å². The maximum Gasteiger partial charge on any atom is 0.0723 e. The third-order valence-corrected chi connectivity index (χ3v) is 5.69. The smallest absolute Gasteiger partial charge is 0.0723 e. The van der Waals surface area contributed by atoms with Gasteiger partial charge in [-0.2, -0.15) is 0 Å². The molecule has 0 saturated carbocycles. The maximum atomic E-state index is 4.48. The van der Waals surface area contributed by atoms with E-state index in [9.17, 15) is 0 Å². The van der Waals surface area contributed by atoms with Crippen molar-refractivity contribution >= 4 is 16.6 Å². The Balaban J connectivity index is 1.26. The summed E-state index contributed by atoms with van der Waals surface area (Å²) in [5, 5.41) is 1.23. The van der Waals surface area contributed by atoms with Crippen molar-refractivity contribution in [2.75, 3.05) is 18.0 Å². The summed E-state index contributed by atoms with van der Waals surface area (Å²) in [5.74, 6) is 0.890. The van der Waals surface area contributed by atoms with Gasteiger partial charge in [0, 0.05) is 30.4 Å². The average molecular weight is 343 g/mol. The van der Waals surface area contributed by atoms with E-state index in [4.69, 9.17) is 0 Å². The van der Waals surface area contributed by atoms with Crippen LogP contribution in [0.25, 0.3) is 10.9 Å². The molecule has 0 unspecified atom stereocenters. The lowest BCUT2D eigenvalue weighted by Crippen LogP contribution is -2.33. The lowest BCUT2D eigenvalue weighted by atomic mass is 9.90. The second kappa shape index (κ2) is 8.35. The van der Waals surface area contributed by atoms with Crippen LogP contribution in [-0.4, -0.2) is 18.1 Å². The molecular weight excluding hydrogens is 316 g/mol. The third kappa shape index (κ3) is 4.07. The van der Waals surface area contributed by atoms with Crippen molar-refractivity contribution in [3.8, 4) is 0 Å². The molecule has 1 saturated heterocycles. The number of pyridine rings is 1.